The standard InChI is InChI=1S/C19H18N2O3S/c1-13-7-8-14(2)17(9-13)25-12-19(23)24-11-18(22)21-16-6-4-3-5-15(16)10-20/h3-9H,11-12H2,1-2H3,(H,21,22). The number of carbonyl (C=O) groups excluding carboxylic acids is 2. The quantitative estimate of drug-likeness (QED) is 0.635. The van der Waals surface area contributed by atoms with Crippen molar-refractivity contribution in [2.75, 3.05) is 17.7 Å². The molecule has 0 aromatic heterocycles. The molecule has 0 saturated carbocycles. The van der Waals surface area contributed by atoms with Crippen molar-refractivity contribution in [2.45, 2.75) is 18.7 Å². The van der Waals surface area contributed by atoms with E-state index in [0.29, 0.717) is 11.3 Å². The highest BCUT2D eigenvalue weighted by Crippen LogP contribution is 2.23. The van der Waals surface area contributed by atoms with Gasteiger partial charge in [0, 0.05) is 4.90 Å². The van der Waals surface area contributed by atoms with Gasteiger partial charge in [-0.3, -0.25) is 9.59 Å². The van der Waals surface area contributed by atoms with E-state index in [1.807, 2.05) is 38.1 Å². The van der Waals surface area contributed by atoms with Crippen molar-refractivity contribution in [3.63, 3.8) is 0 Å². The molecule has 0 aliphatic heterocycles. The first-order valence-corrected chi connectivity index (χ1v) is 8.63. The number of rotatable bonds is 6. The molecule has 6 heteroatoms. The molecule has 0 fully saturated rings. The predicted octanol–water partition coefficient (Wildman–Crippen LogP) is 3.45. The molecule has 0 heterocycles. The second-order valence-electron chi connectivity index (χ2n) is 5.42. The number of carbonyl (C=O) groups is 2. The average Bonchev–Trinajstić information content (AvgIpc) is 2.61. The number of amides is 1. The summed E-state index contributed by atoms with van der Waals surface area (Å²) in [5, 5.41) is 11.5. The summed E-state index contributed by atoms with van der Waals surface area (Å²) in [7, 11) is 0. The lowest BCUT2D eigenvalue weighted by Gasteiger charge is -2.09. The van der Waals surface area contributed by atoms with E-state index in [0.717, 1.165) is 16.0 Å². The van der Waals surface area contributed by atoms with E-state index in [2.05, 4.69) is 5.32 Å². The molecule has 1 amide bonds. The number of benzene rings is 2. The van der Waals surface area contributed by atoms with Crippen LogP contribution in [0.1, 0.15) is 16.7 Å². The zero-order valence-corrected chi connectivity index (χ0v) is 14.9. The number of nitrogens with zero attached hydrogens (tertiary/aromatic N) is 1. The van der Waals surface area contributed by atoms with Gasteiger partial charge in [-0.25, -0.2) is 0 Å². The second kappa shape index (κ2) is 8.90. The smallest absolute Gasteiger partial charge is 0.316 e. The third-order valence-corrected chi connectivity index (χ3v) is 4.51. The Labute approximate surface area is 151 Å². The second-order valence-corrected chi connectivity index (χ2v) is 6.44. The molecule has 0 aliphatic rings. The first-order valence-electron chi connectivity index (χ1n) is 7.64. The number of anilines is 1. The van der Waals surface area contributed by atoms with Crippen molar-refractivity contribution in [1.29, 1.82) is 5.26 Å². The summed E-state index contributed by atoms with van der Waals surface area (Å²) in [5.41, 5.74) is 2.97. The van der Waals surface area contributed by atoms with E-state index < -0.39 is 11.9 Å². The number of nitriles is 1. The number of para-hydroxylation sites is 1. The molecule has 2 aromatic rings. The van der Waals surface area contributed by atoms with Crippen LogP contribution in [0.25, 0.3) is 0 Å². The van der Waals surface area contributed by atoms with E-state index >= 15 is 0 Å². The van der Waals surface area contributed by atoms with Gasteiger partial charge in [0.15, 0.2) is 6.61 Å². The zero-order valence-electron chi connectivity index (χ0n) is 14.0. The highest BCUT2D eigenvalue weighted by atomic mass is 32.2. The fourth-order valence-electron chi connectivity index (χ4n) is 2.06. The highest BCUT2D eigenvalue weighted by molar-refractivity contribution is 8.00. The number of esters is 1. The van der Waals surface area contributed by atoms with E-state index in [-0.39, 0.29) is 12.4 Å². The maximum atomic E-state index is 11.9. The van der Waals surface area contributed by atoms with Gasteiger partial charge in [0.25, 0.3) is 5.91 Å². The normalized spacial score (nSPS) is 9.96. The highest BCUT2D eigenvalue weighted by Gasteiger charge is 2.11. The van der Waals surface area contributed by atoms with Crippen LogP contribution in [0.2, 0.25) is 0 Å². The van der Waals surface area contributed by atoms with Gasteiger partial charge >= 0.3 is 5.97 Å². The Hall–Kier alpha value is -2.78. The van der Waals surface area contributed by atoms with Crippen molar-refractivity contribution in [1.82, 2.24) is 0 Å². The van der Waals surface area contributed by atoms with Crippen molar-refractivity contribution >= 4 is 29.3 Å². The minimum atomic E-state index is -0.479. The minimum absolute atomic E-state index is 0.131. The lowest BCUT2D eigenvalue weighted by Crippen LogP contribution is -2.22. The van der Waals surface area contributed by atoms with Gasteiger partial charge in [-0.05, 0) is 37.6 Å². The van der Waals surface area contributed by atoms with Gasteiger partial charge in [0.05, 0.1) is 17.0 Å². The maximum absolute atomic E-state index is 11.9. The molecule has 128 valence electrons. The van der Waals surface area contributed by atoms with E-state index in [9.17, 15) is 9.59 Å². The molecular formula is C19H18N2O3S. The predicted molar refractivity (Wildman–Crippen MR) is 97.4 cm³/mol. The summed E-state index contributed by atoms with van der Waals surface area (Å²) in [4.78, 5) is 24.7. The van der Waals surface area contributed by atoms with Crippen LogP contribution < -0.4 is 5.32 Å². The lowest BCUT2D eigenvalue weighted by atomic mass is 10.2. The molecule has 25 heavy (non-hydrogen) atoms. The molecule has 0 unspecified atom stereocenters. The number of ether oxygens (including phenoxy) is 1. The lowest BCUT2D eigenvalue weighted by molar-refractivity contribution is -0.144. The summed E-state index contributed by atoms with van der Waals surface area (Å²) in [5.74, 6) is -0.811. The first kappa shape index (κ1) is 18.6. The van der Waals surface area contributed by atoms with E-state index in [1.54, 1.807) is 24.3 Å². The van der Waals surface area contributed by atoms with Crippen LogP contribution in [0.3, 0.4) is 0 Å². The average molecular weight is 354 g/mol. The minimum Gasteiger partial charge on any atom is -0.455 e. The number of hydrogen-bond donors (Lipinski definition) is 1. The van der Waals surface area contributed by atoms with Crippen LogP contribution in [0.4, 0.5) is 5.69 Å². The molecular weight excluding hydrogens is 336 g/mol. The van der Waals surface area contributed by atoms with Gasteiger partial charge in [0.2, 0.25) is 0 Å². The van der Waals surface area contributed by atoms with Gasteiger partial charge in [-0.2, -0.15) is 5.26 Å². The third-order valence-electron chi connectivity index (χ3n) is 3.38. The van der Waals surface area contributed by atoms with Crippen molar-refractivity contribution in [3.8, 4) is 6.07 Å². The van der Waals surface area contributed by atoms with Crippen LogP contribution >= 0.6 is 11.8 Å². The Morgan fingerprint density at radius 2 is 1.96 bits per heavy atom. The van der Waals surface area contributed by atoms with Gasteiger partial charge in [0.1, 0.15) is 6.07 Å². The molecule has 1 N–H and O–H groups in total. The molecule has 0 radical (unpaired) electrons. The largest absolute Gasteiger partial charge is 0.455 e. The van der Waals surface area contributed by atoms with Crippen LogP contribution in [0.5, 0.6) is 0 Å². The summed E-state index contributed by atoms with van der Waals surface area (Å²) in [6, 6.07) is 14.7. The fraction of sp³-hybridized carbons (Fsp3) is 0.211. The first-order chi connectivity index (χ1) is 12.0. The van der Waals surface area contributed by atoms with E-state index in [1.165, 1.54) is 11.8 Å². The van der Waals surface area contributed by atoms with Crippen LogP contribution in [-0.4, -0.2) is 24.2 Å². The summed E-state index contributed by atoms with van der Waals surface area (Å²) in [6.45, 7) is 3.59. The number of thioether (sulfide) groups is 1. The van der Waals surface area contributed by atoms with Crippen LogP contribution in [0.15, 0.2) is 47.4 Å². The number of nitrogens with one attached hydrogen (secondary N) is 1. The molecule has 0 atom stereocenters. The molecule has 2 rings (SSSR count). The number of aryl methyl sites for hydroxylation is 2. The summed E-state index contributed by atoms with van der Waals surface area (Å²) in [6.07, 6.45) is 0. The third kappa shape index (κ3) is 5.66. The summed E-state index contributed by atoms with van der Waals surface area (Å²) < 4.78 is 4.99. The Kier molecular flexibility index (Phi) is 6.61. The summed E-state index contributed by atoms with van der Waals surface area (Å²) >= 11 is 1.38. The maximum Gasteiger partial charge on any atom is 0.316 e. The SMILES string of the molecule is Cc1ccc(C)c(SCC(=O)OCC(=O)Nc2ccccc2C#N)c1. The monoisotopic (exact) mass is 354 g/mol. The Balaban J connectivity index is 1.80. The topological polar surface area (TPSA) is 79.2 Å². The molecule has 0 saturated heterocycles. The Morgan fingerprint density at radius 1 is 1.20 bits per heavy atom. The van der Waals surface area contributed by atoms with Crippen LogP contribution in [-0.2, 0) is 14.3 Å². The zero-order chi connectivity index (χ0) is 18.2. The Bertz CT molecular complexity index is 828. The molecule has 0 aliphatic carbocycles. The van der Waals surface area contributed by atoms with Gasteiger partial charge in [-0.1, -0.05) is 29.8 Å². The molecule has 5 nitrogen and oxygen atoms in total. The van der Waals surface area contributed by atoms with Gasteiger partial charge in [-0.15, -0.1) is 11.8 Å². The fourth-order valence-corrected chi connectivity index (χ4v) is 2.98. The molecule has 2 aromatic carbocycles. The van der Waals surface area contributed by atoms with Gasteiger partial charge < -0.3 is 10.1 Å². The van der Waals surface area contributed by atoms with Crippen molar-refractivity contribution in [2.24, 2.45) is 0 Å². The van der Waals surface area contributed by atoms with E-state index in [4.69, 9.17) is 10.00 Å². The number of hydrogen-bond acceptors (Lipinski definition) is 5. The van der Waals surface area contributed by atoms with Crippen molar-refractivity contribution in [3.05, 3.63) is 59.2 Å². The molecule has 0 bridgehead atoms. The Morgan fingerprint density at radius 3 is 2.72 bits per heavy atom. The molecule has 0 spiro atoms. The van der Waals surface area contributed by atoms with Crippen molar-refractivity contribution < 1.29 is 14.3 Å². The van der Waals surface area contributed by atoms with Crippen LogP contribution in [0, 0.1) is 25.2 Å².